The van der Waals surface area contributed by atoms with Gasteiger partial charge in [0, 0.05) is 11.4 Å². The number of fused-ring (bicyclic) bond motifs is 1. The molecule has 2 aromatic rings. The third-order valence-corrected chi connectivity index (χ3v) is 4.65. The highest BCUT2D eigenvalue weighted by Gasteiger charge is 2.20. The van der Waals surface area contributed by atoms with Crippen molar-refractivity contribution >= 4 is 27.5 Å². The van der Waals surface area contributed by atoms with Crippen molar-refractivity contribution < 1.29 is 4.74 Å². The molecule has 3 rings (SSSR count). The van der Waals surface area contributed by atoms with Crippen LogP contribution in [0.5, 0.6) is 5.75 Å². The van der Waals surface area contributed by atoms with E-state index in [1.165, 1.54) is 16.7 Å². The predicted octanol–water partition coefficient (Wildman–Crippen LogP) is 5.15. The standard InChI is InChI=1S/C16H14BrClO/c1-10-7-13-8-12(5-6-15(13)19-10)16(17)11-3-2-4-14(18)9-11/h2-6,8-10,16H,7H2,1H3. The first-order valence-corrected chi connectivity index (χ1v) is 7.62. The van der Waals surface area contributed by atoms with Crippen LogP contribution in [0.4, 0.5) is 0 Å². The maximum atomic E-state index is 6.05. The van der Waals surface area contributed by atoms with E-state index in [1.807, 2.05) is 18.2 Å². The molecule has 0 amide bonds. The first kappa shape index (κ1) is 13.0. The first-order chi connectivity index (χ1) is 9.13. The smallest absolute Gasteiger partial charge is 0.123 e. The van der Waals surface area contributed by atoms with Crippen molar-refractivity contribution in [3.05, 3.63) is 64.2 Å². The normalized spacial score (nSPS) is 18.8. The molecule has 0 bridgehead atoms. The van der Waals surface area contributed by atoms with Crippen LogP contribution >= 0.6 is 27.5 Å². The summed E-state index contributed by atoms with van der Waals surface area (Å²) in [5, 5.41) is 0.764. The highest BCUT2D eigenvalue weighted by molar-refractivity contribution is 9.09. The predicted molar refractivity (Wildman–Crippen MR) is 82.5 cm³/mol. The molecule has 0 aromatic heterocycles. The molecule has 0 radical (unpaired) electrons. The second-order valence-corrected chi connectivity index (χ2v) is 6.27. The molecule has 0 saturated carbocycles. The molecule has 0 N–H and O–H groups in total. The summed E-state index contributed by atoms with van der Waals surface area (Å²) in [5.74, 6) is 1.02. The SMILES string of the molecule is CC1Cc2cc(C(Br)c3cccc(Cl)c3)ccc2O1. The number of hydrogen-bond acceptors (Lipinski definition) is 1. The molecular formula is C16H14BrClO. The van der Waals surface area contributed by atoms with Gasteiger partial charge in [-0.05, 0) is 41.8 Å². The van der Waals surface area contributed by atoms with Crippen molar-refractivity contribution in [2.24, 2.45) is 0 Å². The lowest BCUT2D eigenvalue weighted by Crippen LogP contribution is -2.05. The summed E-state index contributed by atoms with van der Waals surface area (Å²) < 4.78 is 5.73. The second kappa shape index (κ2) is 5.18. The van der Waals surface area contributed by atoms with Crippen LogP contribution in [0.15, 0.2) is 42.5 Å². The van der Waals surface area contributed by atoms with Gasteiger partial charge >= 0.3 is 0 Å². The molecule has 3 heteroatoms. The van der Waals surface area contributed by atoms with Crippen LogP contribution in [0, 0.1) is 0 Å². The van der Waals surface area contributed by atoms with Crippen LogP contribution < -0.4 is 4.74 Å². The fourth-order valence-electron chi connectivity index (χ4n) is 2.46. The highest BCUT2D eigenvalue weighted by Crippen LogP contribution is 2.36. The van der Waals surface area contributed by atoms with Crippen molar-refractivity contribution in [1.82, 2.24) is 0 Å². The molecule has 1 aliphatic rings. The van der Waals surface area contributed by atoms with Gasteiger partial charge in [0.2, 0.25) is 0 Å². The van der Waals surface area contributed by atoms with E-state index >= 15 is 0 Å². The minimum atomic E-state index is 0.160. The number of benzene rings is 2. The summed E-state index contributed by atoms with van der Waals surface area (Å²) in [6.45, 7) is 2.10. The average Bonchev–Trinajstić information content (AvgIpc) is 2.76. The molecular weight excluding hydrogens is 324 g/mol. The Bertz CT molecular complexity index is 611. The zero-order chi connectivity index (χ0) is 13.4. The minimum Gasteiger partial charge on any atom is -0.490 e. The highest BCUT2D eigenvalue weighted by atomic mass is 79.9. The number of rotatable bonds is 2. The molecule has 2 aromatic carbocycles. The van der Waals surface area contributed by atoms with Gasteiger partial charge in [0.25, 0.3) is 0 Å². The van der Waals surface area contributed by atoms with Crippen LogP contribution in [0.1, 0.15) is 28.4 Å². The van der Waals surface area contributed by atoms with Gasteiger partial charge in [-0.15, -0.1) is 0 Å². The van der Waals surface area contributed by atoms with E-state index in [9.17, 15) is 0 Å². The van der Waals surface area contributed by atoms with E-state index in [4.69, 9.17) is 16.3 Å². The molecule has 1 aliphatic heterocycles. The maximum Gasteiger partial charge on any atom is 0.123 e. The van der Waals surface area contributed by atoms with Crippen molar-refractivity contribution in [1.29, 1.82) is 0 Å². The summed E-state index contributed by atoms with van der Waals surface area (Å²) in [6.07, 6.45) is 1.27. The van der Waals surface area contributed by atoms with Gasteiger partial charge < -0.3 is 4.74 Å². The first-order valence-electron chi connectivity index (χ1n) is 6.32. The average molecular weight is 338 g/mol. The molecule has 0 saturated heterocycles. The van der Waals surface area contributed by atoms with Crippen molar-refractivity contribution in [3.8, 4) is 5.75 Å². The van der Waals surface area contributed by atoms with Crippen LogP contribution in [0.25, 0.3) is 0 Å². The quantitative estimate of drug-likeness (QED) is 0.689. The third kappa shape index (κ3) is 2.65. The van der Waals surface area contributed by atoms with Crippen LogP contribution in [0.3, 0.4) is 0 Å². The van der Waals surface area contributed by atoms with Crippen LogP contribution in [-0.2, 0) is 6.42 Å². The van der Waals surface area contributed by atoms with Gasteiger partial charge in [0.15, 0.2) is 0 Å². The maximum absolute atomic E-state index is 6.05. The zero-order valence-corrected chi connectivity index (χ0v) is 12.9. The zero-order valence-electron chi connectivity index (χ0n) is 10.6. The number of hydrogen-bond donors (Lipinski definition) is 0. The number of ether oxygens (including phenoxy) is 1. The van der Waals surface area contributed by atoms with Gasteiger partial charge in [-0.3, -0.25) is 0 Å². The van der Waals surface area contributed by atoms with Crippen molar-refractivity contribution in [2.45, 2.75) is 24.3 Å². The van der Waals surface area contributed by atoms with E-state index in [1.54, 1.807) is 0 Å². The summed E-state index contributed by atoms with van der Waals surface area (Å²) in [4.78, 5) is 0.160. The molecule has 0 spiro atoms. The summed E-state index contributed by atoms with van der Waals surface area (Å²) in [7, 11) is 0. The Labute approximate surface area is 126 Å². The Hall–Kier alpha value is -0.990. The van der Waals surface area contributed by atoms with E-state index in [-0.39, 0.29) is 10.9 Å². The van der Waals surface area contributed by atoms with E-state index in [2.05, 4.69) is 47.1 Å². The second-order valence-electron chi connectivity index (χ2n) is 4.92. The van der Waals surface area contributed by atoms with Gasteiger partial charge in [-0.2, -0.15) is 0 Å². The van der Waals surface area contributed by atoms with Gasteiger partial charge in [0.1, 0.15) is 11.9 Å². The topological polar surface area (TPSA) is 9.23 Å². The van der Waals surface area contributed by atoms with E-state index < -0.39 is 0 Å². The summed E-state index contributed by atoms with van der Waals surface area (Å²) >= 11 is 9.80. The largest absolute Gasteiger partial charge is 0.490 e. The van der Waals surface area contributed by atoms with Crippen LogP contribution in [-0.4, -0.2) is 6.10 Å². The Morgan fingerprint density at radius 2 is 2.00 bits per heavy atom. The Morgan fingerprint density at radius 3 is 2.79 bits per heavy atom. The minimum absolute atomic E-state index is 0.160. The van der Waals surface area contributed by atoms with Crippen LogP contribution in [0.2, 0.25) is 5.02 Å². The fraction of sp³-hybridized carbons (Fsp3) is 0.250. The molecule has 19 heavy (non-hydrogen) atoms. The lowest BCUT2D eigenvalue weighted by molar-refractivity contribution is 0.254. The third-order valence-electron chi connectivity index (χ3n) is 3.35. The lowest BCUT2D eigenvalue weighted by atomic mass is 10.0. The molecule has 2 atom stereocenters. The number of halogens is 2. The van der Waals surface area contributed by atoms with Gasteiger partial charge in [0.05, 0.1) is 4.83 Å². The molecule has 98 valence electrons. The monoisotopic (exact) mass is 336 g/mol. The van der Waals surface area contributed by atoms with E-state index in [0.29, 0.717) is 0 Å². The Balaban J connectivity index is 1.93. The van der Waals surface area contributed by atoms with Gasteiger partial charge in [-0.1, -0.05) is 51.8 Å². The Kier molecular flexibility index (Phi) is 3.55. The van der Waals surface area contributed by atoms with Gasteiger partial charge in [-0.25, -0.2) is 0 Å². The molecule has 1 nitrogen and oxygen atoms in total. The van der Waals surface area contributed by atoms with Crippen molar-refractivity contribution in [2.75, 3.05) is 0 Å². The molecule has 1 heterocycles. The summed E-state index contributed by atoms with van der Waals surface area (Å²) in [6, 6.07) is 14.3. The lowest BCUT2D eigenvalue weighted by Gasteiger charge is -2.12. The molecule has 2 unspecified atom stereocenters. The Morgan fingerprint density at radius 1 is 1.21 bits per heavy atom. The molecule has 0 fully saturated rings. The van der Waals surface area contributed by atoms with Crippen molar-refractivity contribution in [3.63, 3.8) is 0 Å². The van der Waals surface area contributed by atoms with E-state index in [0.717, 1.165) is 17.2 Å². The summed E-state index contributed by atoms with van der Waals surface area (Å²) in [5.41, 5.74) is 3.69. The fourth-order valence-corrected chi connectivity index (χ4v) is 3.22. The number of alkyl halides is 1. The molecule has 0 aliphatic carbocycles.